The Balaban J connectivity index is 1.82. The van der Waals surface area contributed by atoms with Gasteiger partial charge in [0.2, 0.25) is 10.0 Å². The zero-order valence-corrected chi connectivity index (χ0v) is 15.7. The molecule has 0 amide bonds. The maximum atomic E-state index is 11.8. The lowest BCUT2D eigenvalue weighted by molar-refractivity contribution is -0.384. The number of benzene rings is 1. The highest BCUT2D eigenvalue weighted by Crippen LogP contribution is 2.20. The van der Waals surface area contributed by atoms with E-state index < -0.39 is 14.9 Å². The number of piperazine rings is 1. The molecule has 1 aliphatic rings. The van der Waals surface area contributed by atoms with Crippen molar-refractivity contribution < 1.29 is 13.3 Å². The average molecular weight is 390 g/mol. The van der Waals surface area contributed by atoms with Gasteiger partial charge in [0.1, 0.15) is 4.32 Å². The van der Waals surface area contributed by atoms with E-state index in [1.807, 2.05) is 4.90 Å². The third-order valence-corrected chi connectivity index (χ3v) is 7.24. The van der Waals surface area contributed by atoms with Crippen LogP contribution in [0.25, 0.3) is 0 Å². The van der Waals surface area contributed by atoms with E-state index >= 15 is 0 Å². The molecule has 7 nitrogen and oxygen atoms in total. The van der Waals surface area contributed by atoms with Crippen molar-refractivity contribution in [1.82, 2.24) is 9.21 Å². The van der Waals surface area contributed by atoms with Crippen LogP contribution >= 0.6 is 24.0 Å². The Morgan fingerprint density at radius 3 is 2.33 bits per heavy atom. The normalized spacial score (nSPS) is 16.1. The lowest BCUT2D eigenvalue weighted by Crippen LogP contribution is -2.49. The van der Waals surface area contributed by atoms with Gasteiger partial charge >= 0.3 is 0 Å². The zero-order valence-electron chi connectivity index (χ0n) is 13.3. The largest absolute Gasteiger partial charge is 0.355 e. The molecule has 0 saturated carbocycles. The molecule has 1 aliphatic heterocycles. The summed E-state index contributed by atoms with van der Waals surface area (Å²) in [6, 6.07) is 6.40. The van der Waals surface area contributed by atoms with Gasteiger partial charge in [-0.1, -0.05) is 36.1 Å². The first kappa shape index (κ1) is 19.1. The highest BCUT2D eigenvalue weighted by molar-refractivity contribution is 8.22. The summed E-state index contributed by atoms with van der Waals surface area (Å²) < 4.78 is 25.9. The molecule has 132 valence electrons. The number of nitro groups is 1. The van der Waals surface area contributed by atoms with Gasteiger partial charge in [-0.25, -0.2) is 8.42 Å². The Morgan fingerprint density at radius 2 is 1.83 bits per heavy atom. The van der Waals surface area contributed by atoms with Crippen molar-refractivity contribution in [2.45, 2.75) is 12.7 Å². The van der Waals surface area contributed by atoms with E-state index in [2.05, 4.69) is 0 Å². The third-order valence-electron chi connectivity index (χ3n) is 3.76. The molecule has 24 heavy (non-hydrogen) atoms. The number of thioether (sulfide) groups is 1. The van der Waals surface area contributed by atoms with Crippen LogP contribution in [0, 0.1) is 10.1 Å². The molecular formula is C14H19N3O4S3. The molecule has 10 heteroatoms. The smallest absolute Gasteiger partial charge is 0.269 e. The summed E-state index contributed by atoms with van der Waals surface area (Å²) in [7, 11) is -3.14. The molecule has 1 aromatic rings. The van der Waals surface area contributed by atoms with Gasteiger partial charge in [0.15, 0.2) is 0 Å². The van der Waals surface area contributed by atoms with Crippen molar-refractivity contribution in [2.75, 3.05) is 31.9 Å². The molecule has 0 bridgehead atoms. The second kappa shape index (κ2) is 8.24. The van der Waals surface area contributed by atoms with Crippen LogP contribution in [0.3, 0.4) is 0 Å². The zero-order chi connectivity index (χ0) is 17.7. The van der Waals surface area contributed by atoms with E-state index in [-0.39, 0.29) is 11.4 Å². The Bertz CT molecular complexity index is 698. The van der Waals surface area contributed by atoms with Crippen molar-refractivity contribution in [2.24, 2.45) is 0 Å². The number of thiocarbonyl (C=S) groups is 1. The summed E-state index contributed by atoms with van der Waals surface area (Å²) in [5, 5.41) is 10.6. The minimum absolute atomic E-state index is 0.0691. The molecule has 1 fully saturated rings. The van der Waals surface area contributed by atoms with Crippen LogP contribution in [0.2, 0.25) is 0 Å². The average Bonchev–Trinajstić information content (AvgIpc) is 2.60. The summed E-state index contributed by atoms with van der Waals surface area (Å²) in [5.41, 5.74) is 1.03. The van der Waals surface area contributed by atoms with Crippen LogP contribution in [0.15, 0.2) is 24.3 Å². The summed E-state index contributed by atoms with van der Waals surface area (Å²) in [6.07, 6.45) is 0. The fraction of sp³-hybridized carbons (Fsp3) is 0.500. The van der Waals surface area contributed by atoms with Gasteiger partial charge in [-0.05, 0) is 12.5 Å². The molecule has 2 rings (SSSR count). The predicted molar refractivity (Wildman–Crippen MR) is 99.6 cm³/mol. The van der Waals surface area contributed by atoms with Crippen molar-refractivity contribution in [1.29, 1.82) is 0 Å². The Hall–Kier alpha value is -1.23. The van der Waals surface area contributed by atoms with Crippen molar-refractivity contribution >= 4 is 44.0 Å². The number of non-ortho nitro benzene ring substituents is 1. The van der Waals surface area contributed by atoms with Crippen LogP contribution in [0.5, 0.6) is 0 Å². The van der Waals surface area contributed by atoms with Crippen LogP contribution in [0.1, 0.15) is 12.5 Å². The van der Waals surface area contributed by atoms with Gasteiger partial charge in [-0.2, -0.15) is 4.31 Å². The van der Waals surface area contributed by atoms with E-state index in [9.17, 15) is 18.5 Å². The SMILES string of the molecule is CCS(=O)(=O)N1CCN(C(=S)SCc2ccc([N+](=O)[O-])cc2)CC1. The fourth-order valence-electron chi connectivity index (χ4n) is 2.28. The quantitative estimate of drug-likeness (QED) is 0.433. The second-order valence-corrected chi connectivity index (χ2v) is 9.13. The standard InChI is InChI=1S/C14H19N3O4S3/c1-2-24(20,21)16-9-7-15(8-10-16)14(22)23-11-12-3-5-13(6-4-12)17(18)19/h3-6H,2,7-11H2,1H3. The number of hydrogen-bond donors (Lipinski definition) is 0. The molecule has 1 saturated heterocycles. The Kier molecular flexibility index (Phi) is 6.55. The molecule has 0 N–H and O–H groups in total. The second-order valence-electron chi connectivity index (χ2n) is 5.26. The van der Waals surface area contributed by atoms with E-state index in [4.69, 9.17) is 12.2 Å². The highest BCUT2D eigenvalue weighted by Gasteiger charge is 2.26. The van der Waals surface area contributed by atoms with Crippen molar-refractivity contribution in [3.05, 3.63) is 39.9 Å². The molecule has 0 spiro atoms. The van der Waals surface area contributed by atoms with Gasteiger partial charge < -0.3 is 4.90 Å². The summed E-state index contributed by atoms with van der Waals surface area (Å²) in [6.45, 7) is 3.73. The summed E-state index contributed by atoms with van der Waals surface area (Å²) >= 11 is 6.90. The third kappa shape index (κ3) is 4.88. The first-order chi connectivity index (χ1) is 11.3. The molecule has 0 aliphatic carbocycles. The number of rotatable bonds is 5. The number of nitro benzene ring substituents is 1. The molecule has 1 heterocycles. The number of nitrogens with zero attached hydrogens (tertiary/aromatic N) is 3. The molecular weight excluding hydrogens is 370 g/mol. The number of sulfonamides is 1. The predicted octanol–water partition coefficient (Wildman–Crippen LogP) is 2.08. The van der Waals surface area contributed by atoms with Crippen LogP contribution in [-0.2, 0) is 15.8 Å². The van der Waals surface area contributed by atoms with Gasteiger partial charge in [0.05, 0.1) is 10.7 Å². The van der Waals surface area contributed by atoms with Crippen molar-refractivity contribution in [3.63, 3.8) is 0 Å². The fourth-order valence-corrected chi connectivity index (χ4v) is 4.57. The minimum Gasteiger partial charge on any atom is -0.355 e. The first-order valence-corrected chi connectivity index (χ1v) is 10.5. The first-order valence-electron chi connectivity index (χ1n) is 7.46. The molecule has 0 atom stereocenters. The molecule has 0 aromatic heterocycles. The van der Waals surface area contributed by atoms with Crippen LogP contribution < -0.4 is 0 Å². The van der Waals surface area contributed by atoms with Gasteiger partial charge in [-0.3, -0.25) is 10.1 Å². The van der Waals surface area contributed by atoms with Gasteiger partial charge in [0, 0.05) is 44.1 Å². The highest BCUT2D eigenvalue weighted by atomic mass is 32.2. The molecule has 0 unspecified atom stereocenters. The van der Waals surface area contributed by atoms with Crippen LogP contribution in [0.4, 0.5) is 5.69 Å². The molecule has 1 aromatic carbocycles. The number of hydrogen-bond acceptors (Lipinski definition) is 6. The van der Waals surface area contributed by atoms with Gasteiger partial charge in [-0.15, -0.1) is 0 Å². The summed E-state index contributed by atoms with van der Waals surface area (Å²) in [4.78, 5) is 12.2. The lowest BCUT2D eigenvalue weighted by Gasteiger charge is -2.35. The topological polar surface area (TPSA) is 83.8 Å². The monoisotopic (exact) mass is 389 g/mol. The lowest BCUT2D eigenvalue weighted by atomic mass is 10.2. The van der Waals surface area contributed by atoms with E-state index in [1.165, 1.54) is 28.2 Å². The Morgan fingerprint density at radius 1 is 1.25 bits per heavy atom. The van der Waals surface area contributed by atoms with Crippen LogP contribution in [-0.4, -0.2) is 58.8 Å². The minimum atomic E-state index is -3.14. The molecule has 0 radical (unpaired) electrons. The summed E-state index contributed by atoms with van der Waals surface area (Å²) in [5.74, 6) is 0.747. The van der Waals surface area contributed by atoms with E-state index in [0.29, 0.717) is 31.9 Å². The van der Waals surface area contributed by atoms with Crippen molar-refractivity contribution in [3.8, 4) is 0 Å². The van der Waals surface area contributed by atoms with E-state index in [1.54, 1.807) is 19.1 Å². The maximum Gasteiger partial charge on any atom is 0.269 e. The van der Waals surface area contributed by atoms with E-state index in [0.717, 1.165) is 9.88 Å². The van der Waals surface area contributed by atoms with Gasteiger partial charge in [0.25, 0.3) is 5.69 Å². The Labute approximate surface area is 151 Å². The maximum absolute atomic E-state index is 11.8.